The van der Waals surface area contributed by atoms with E-state index < -0.39 is 5.97 Å². The Balaban J connectivity index is 3.40. The van der Waals surface area contributed by atoms with Crippen LogP contribution in [0.1, 0.15) is 71.1 Å². The molecule has 1 N–H and O–H groups in total. The third kappa shape index (κ3) is 18.4. The van der Waals surface area contributed by atoms with E-state index in [9.17, 15) is 4.79 Å². The Morgan fingerprint density at radius 3 is 2.00 bits per heavy atom. The van der Waals surface area contributed by atoms with Crippen LogP contribution in [0.15, 0.2) is 48.6 Å². The van der Waals surface area contributed by atoms with Gasteiger partial charge in [-0.3, -0.25) is 0 Å². The van der Waals surface area contributed by atoms with Crippen molar-refractivity contribution < 1.29 is 9.90 Å². The van der Waals surface area contributed by atoms with E-state index in [1.807, 2.05) is 18.2 Å². The van der Waals surface area contributed by atoms with Crippen LogP contribution in [0.3, 0.4) is 0 Å². The second-order valence-corrected chi connectivity index (χ2v) is 5.49. The summed E-state index contributed by atoms with van der Waals surface area (Å²) in [6, 6.07) is 0. The molecule has 0 heterocycles. The highest BCUT2D eigenvalue weighted by Gasteiger charge is 1.90. The van der Waals surface area contributed by atoms with E-state index in [0.717, 1.165) is 6.42 Å². The largest absolute Gasteiger partial charge is 0.478 e. The summed E-state index contributed by atoms with van der Waals surface area (Å²) in [5.74, 6) is -0.667. The molecule has 0 amide bonds. The van der Waals surface area contributed by atoms with E-state index in [1.165, 1.54) is 63.9 Å². The third-order valence-electron chi connectivity index (χ3n) is 3.40. The first kappa shape index (κ1) is 18.5. The summed E-state index contributed by atoms with van der Waals surface area (Å²) in [5.41, 5.74) is 0. The number of carboxylic acids is 1. The van der Waals surface area contributed by atoms with Crippen molar-refractivity contribution in [1.29, 1.82) is 1.43 Å². The Hall–Kier alpha value is -1.57. The Labute approximate surface area is 137 Å². The van der Waals surface area contributed by atoms with Crippen molar-refractivity contribution in [2.24, 2.45) is 0 Å². The maximum absolute atomic E-state index is 10.6. The predicted molar refractivity (Wildman–Crippen MR) is 96.0 cm³/mol. The fourth-order valence-electron chi connectivity index (χ4n) is 2.14. The molecule has 0 spiro atoms. The average Bonchev–Trinajstić information content (AvgIpc) is 2.57. The molecule has 0 aromatic rings. The normalized spacial score (nSPS) is 12.9. The molecule has 0 unspecified atom stereocenters. The van der Waals surface area contributed by atoms with Crippen molar-refractivity contribution in [3.8, 4) is 0 Å². The van der Waals surface area contributed by atoms with Crippen LogP contribution < -0.4 is 0 Å². The highest BCUT2D eigenvalue weighted by Crippen LogP contribution is 2.10. The summed E-state index contributed by atoms with van der Waals surface area (Å²) in [7, 11) is 0. The Bertz CT molecular complexity index is 381. The molecule has 0 aliphatic heterocycles. The number of carboxylic acid groups (broad SMARTS) is 1. The molecule has 0 fully saturated rings. The maximum Gasteiger partial charge on any atom is 0.328 e. The van der Waals surface area contributed by atoms with Crippen LogP contribution in [0.2, 0.25) is 0 Å². The second kappa shape index (κ2) is 17.5. The van der Waals surface area contributed by atoms with Gasteiger partial charge in [0.2, 0.25) is 0 Å². The van der Waals surface area contributed by atoms with Gasteiger partial charge in [0.1, 0.15) is 0 Å². The Kier molecular flexibility index (Phi) is 14.7. The quantitative estimate of drug-likeness (QED) is 0.235. The first-order valence-electron chi connectivity index (χ1n) is 9.05. The minimum absolute atomic E-state index is 0.667. The van der Waals surface area contributed by atoms with Gasteiger partial charge in [-0.1, -0.05) is 101 Å². The monoisotopic (exact) mass is 305 g/mol. The predicted octanol–water partition coefficient (Wildman–Crippen LogP) is 6.22. The van der Waals surface area contributed by atoms with Gasteiger partial charge in [0.25, 0.3) is 1.43 Å². The van der Waals surface area contributed by atoms with Crippen molar-refractivity contribution in [2.75, 3.05) is 0 Å². The van der Waals surface area contributed by atoms with Crippen molar-refractivity contribution in [2.45, 2.75) is 71.1 Å². The molecule has 0 rings (SSSR count). The van der Waals surface area contributed by atoms with E-state index in [-0.39, 0.29) is 0 Å². The zero-order valence-corrected chi connectivity index (χ0v) is 14.0. The molecule has 22 heavy (non-hydrogen) atoms. The molecular weight excluding hydrogens is 272 g/mol. The number of hydrogen-bond acceptors (Lipinski definition) is 2. The topological polar surface area (TPSA) is 37.3 Å². The summed E-state index contributed by atoms with van der Waals surface area (Å²) in [5, 5.41) is 3.74. The number of rotatable bonds is 14. The van der Waals surface area contributed by atoms with E-state index in [2.05, 4.69) is 24.2 Å². The van der Waals surface area contributed by atoms with Crippen molar-refractivity contribution in [3.63, 3.8) is 0 Å². The van der Waals surface area contributed by atoms with Crippen molar-refractivity contribution in [1.82, 2.24) is 0 Å². The van der Waals surface area contributed by atoms with Gasteiger partial charge in [0, 0.05) is 6.08 Å². The summed E-state index contributed by atoms with van der Waals surface area (Å²) >= 11 is 0. The highest BCUT2D eigenvalue weighted by atomic mass is 16.4. The lowest BCUT2D eigenvalue weighted by Crippen LogP contribution is -1.84. The molecule has 0 aromatic heterocycles. The van der Waals surface area contributed by atoms with Gasteiger partial charge in [0.05, 0.1) is 0 Å². The molecule has 0 aliphatic rings. The smallest absolute Gasteiger partial charge is 0.328 e. The maximum atomic E-state index is 10.6. The van der Waals surface area contributed by atoms with Crippen LogP contribution >= 0.6 is 0 Å². The van der Waals surface area contributed by atoms with Gasteiger partial charge < -0.3 is 5.11 Å². The van der Waals surface area contributed by atoms with Crippen LogP contribution in [0, 0.1) is 0 Å². The number of allylic oxidation sites excluding steroid dienone is 7. The lowest BCUT2D eigenvalue weighted by Gasteiger charge is -2.00. The Morgan fingerprint density at radius 2 is 1.36 bits per heavy atom. The summed E-state index contributed by atoms with van der Waals surface area (Å²) < 4.78 is 6.36. The number of unbranched alkanes of at least 4 members (excludes halogenated alkanes) is 9. The molecule has 2 nitrogen and oxygen atoms in total. The van der Waals surface area contributed by atoms with Crippen LogP contribution in [0.4, 0.5) is 0 Å². The fraction of sp³-hybridized carbons (Fsp3) is 0.550. The van der Waals surface area contributed by atoms with E-state index in [1.54, 1.807) is 12.2 Å². The molecule has 0 aliphatic carbocycles. The van der Waals surface area contributed by atoms with Gasteiger partial charge in [-0.05, 0) is 12.8 Å². The van der Waals surface area contributed by atoms with E-state index >= 15 is 0 Å². The lowest BCUT2D eigenvalue weighted by atomic mass is 10.1. The zero-order chi connectivity index (χ0) is 17.0. The second-order valence-electron chi connectivity index (χ2n) is 5.49. The standard InChI is InChI=1S/C20H32O2/c1-2-3-4-5-6-7-8-9-10-11-12-13-14-15-16-17-18-19-20(21)22/h12-19H,2-11H2,1H3,(H,21,22)/i/hD. The van der Waals surface area contributed by atoms with Crippen LogP contribution in [0.5, 0.6) is 0 Å². The van der Waals surface area contributed by atoms with E-state index in [4.69, 9.17) is 1.43 Å². The molecule has 0 saturated heterocycles. The molecular formula is C20H32O2. The van der Waals surface area contributed by atoms with Crippen molar-refractivity contribution in [3.05, 3.63) is 48.6 Å². The number of hydrogen-bond donors (Lipinski definition) is 1. The van der Waals surface area contributed by atoms with Gasteiger partial charge in [-0.2, -0.15) is 0 Å². The first-order chi connectivity index (χ1) is 11.3. The minimum Gasteiger partial charge on any atom is -0.478 e. The molecule has 0 aromatic carbocycles. The molecule has 0 bridgehead atoms. The third-order valence-corrected chi connectivity index (χ3v) is 3.40. The summed E-state index contributed by atoms with van der Waals surface area (Å²) in [4.78, 5) is 10.6. The summed E-state index contributed by atoms with van der Waals surface area (Å²) in [6.45, 7) is 2.26. The highest BCUT2D eigenvalue weighted by molar-refractivity contribution is 5.80. The van der Waals surface area contributed by atoms with Crippen LogP contribution in [0.25, 0.3) is 1.43 Å². The Morgan fingerprint density at radius 1 is 0.818 bits per heavy atom. The first-order valence-corrected chi connectivity index (χ1v) is 8.65. The van der Waals surface area contributed by atoms with Crippen molar-refractivity contribution >= 4 is 5.97 Å². The molecule has 2 heteroatoms. The van der Waals surface area contributed by atoms with E-state index in [0.29, 0.717) is 0 Å². The fourth-order valence-corrected chi connectivity index (χ4v) is 2.14. The molecule has 0 radical (unpaired) electrons. The molecule has 0 saturated carbocycles. The van der Waals surface area contributed by atoms with Gasteiger partial charge in [-0.25, -0.2) is 4.79 Å². The lowest BCUT2D eigenvalue weighted by molar-refractivity contribution is -0.131. The van der Waals surface area contributed by atoms with Gasteiger partial charge in [-0.15, -0.1) is 0 Å². The van der Waals surface area contributed by atoms with Crippen LogP contribution in [-0.4, -0.2) is 11.1 Å². The SMILES string of the molecule is [2H]OC(=O)C=CC=CC=CC=CCCCCCCCCCCC. The van der Waals surface area contributed by atoms with Gasteiger partial charge in [0.15, 0.2) is 0 Å². The number of carbonyl (C=O) groups is 1. The van der Waals surface area contributed by atoms with Crippen LogP contribution in [-0.2, 0) is 4.79 Å². The molecule has 124 valence electrons. The average molecular weight is 305 g/mol. The van der Waals surface area contributed by atoms with Gasteiger partial charge >= 0.3 is 5.97 Å². The minimum atomic E-state index is -0.667. The molecule has 0 atom stereocenters. The number of aliphatic carboxylic acids is 1. The summed E-state index contributed by atoms with van der Waals surface area (Å²) in [6.07, 6.45) is 27.9. The zero-order valence-electron chi connectivity index (χ0n) is 15.0.